The molecule has 8 atom stereocenters. The maximum absolute atomic E-state index is 10.7. The van der Waals surface area contributed by atoms with Crippen LogP contribution in [0.5, 0.6) is 0 Å². The standard InChI is InChI=1S/C15H15NO2.2C10H13NO2.C9H11NO2.C8H10N2O2.C8H18N2O2.C7H13NO2.C6H13NO2.C5H8N4O2.C5H9NO2/c16-14(15(17)18)10-11-6-8-13(9-7-11)12-4-2-1-3-5-12;2*1-7-2-4-8(5-3-7)6-9(11)10(12)13;10-8(6-9(11)12)7-4-2-1-3-5-7;9-7(8(11)12)5-6-1-3-10-4-2-6;1-10(2)6-4-3-5-7(9)8(11)12;8-7(6(9)10)4-2-1-3-5-7;1-4(2)5(7-3)6(8)9;6-3(5(10)11)1-4-7-2-8-9-4;6-5(4(7)8)2-1-3-5/h1-9,14H,10,16H2,(H,17,18);2*2-5,9H,6,11H2,1H3,(H,12,13);1-5,8H,6,10H2,(H,11,12);1-4,7H,5,9H2,(H,11,12);7H,3-6,9H2,1-2H3,(H,11,12);1-5,8H2,(H,9,10);4-5,7H,1-3H3,(H,8,9);3H,1-2,6H2,(H,10,11);1-3,6H2,(H,7,8)/t14-;2*9-;8-;2*7-;;5-;3-;/m000100.10./s1. The molecule has 0 bridgehead atoms. The summed E-state index contributed by atoms with van der Waals surface area (Å²) in [4.78, 5) is 113. The van der Waals surface area contributed by atoms with E-state index in [1.54, 1.807) is 31.6 Å². The normalized spacial score (nSPS) is 14.9. The first-order valence-corrected chi connectivity index (χ1v) is 38.0. The first kappa shape index (κ1) is 107. The molecule has 0 saturated heterocycles. The van der Waals surface area contributed by atoms with Gasteiger partial charge in [-0.25, -0.2) is 4.99 Å². The molecule has 0 amide bonds. The molecular formula is C83H123N15O20. The lowest BCUT2D eigenvalue weighted by atomic mass is 9.78. The molecule has 6 aromatic rings. The molecule has 3 aliphatic rings. The molecule has 35 nitrogen and oxygen atoms in total. The highest BCUT2D eigenvalue weighted by molar-refractivity contribution is 5.89. The topological polar surface area (TPSA) is 672 Å². The Labute approximate surface area is 688 Å². The lowest BCUT2D eigenvalue weighted by Crippen LogP contribution is -2.53. The number of carbonyl (C=O) groups is 10. The van der Waals surface area contributed by atoms with E-state index in [-0.39, 0.29) is 18.8 Å². The van der Waals surface area contributed by atoms with Crippen LogP contribution in [-0.4, -0.2) is 214 Å². The van der Waals surface area contributed by atoms with Gasteiger partial charge in [0.05, 0.1) is 6.42 Å². The van der Waals surface area contributed by atoms with Crippen molar-refractivity contribution in [3.8, 4) is 11.1 Å². The Balaban J connectivity index is 0.00000130. The van der Waals surface area contributed by atoms with Gasteiger partial charge in [0, 0.05) is 24.9 Å². The van der Waals surface area contributed by atoms with E-state index in [1.807, 2.05) is 175 Å². The van der Waals surface area contributed by atoms with Crippen molar-refractivity contribution in [2.24, 2.45) is 72.7 Å². The minimum absolute atomic E-state index is 0.0238. The number of aryl methyl sites for hydroxylation is 2. The number of unbranched alkanes of at least 4 members (excludes halogenated alkanes) is 1. The van der Waals surface area contributed by atoms with E-state index in [1.165, 1.54) is 0 Å². The maximum atomic E-state index is 10.7. The number of benzene rings is 5. The Morgan fingerprint density at radius 3 is 1.09 bits per heavy atom. The van der Waals surface area contributed by atoms with E-state index >= 15 is 0 Å². The summed E-state index contributed by atoms with van der Waals surface area (Å²) in [5, 5.41) is 95.1. The maximum Gasteiger partial charge on any atom is 0.323 e. The second kappa shape index (κ2) is 58.6. The molecule has 650 valence electrons. The molecule has 1 aromatic heterocycles. The fraction of sp³-hybridized carbons (Fsp3) is 0.446. The van der Waals surface area contributed by atoms with E-state index in [0.717, 1.165) is 95.1 Å². The Kier molecular flexibility index (Phi) is 53.0. The van der Waals surface area contributed by atoms with Crippen LogP contribution in [0.25, 0.3) is 11.1 Å². The summed E-state index contributed by atoms with van der Waals surface area (Å²) in [5.41, 5.74) is 56.1. The number of carboxylic acids is 10. The zero-order valence-corrected chi connectivity index (χ0v) is 68.1. The van der Waals surface area contributed by atoms with Crippen LogP contribution in [0.3, 0.4) is 0 Å². The molecule has 35 heteroatoms. The molecule has 9 rings (SSSR count). The van der Waals surface area contributed by atoms with Crippen molar-refractivity contribution < 1.29 is 99.0 Å². The number of aromatic nitrogens is 1. The van der Waals surface area contributed by atoms with Gasteiger partial charge in [0.25, 0.3) is 0 Å². The van der Waals surface area contributed by atoms with E-state index < -0.39 is 119 Å². The Hall–Kier alpha value is -11.2. The molecule has 2 fully saturated rings. The molecule has 0 radical (unpaired) electrons. The summed E-state index contributed by atoms with van der Waals surface area (Å²) < 4.78 is 0. The zero-order valence-electron chi connectivity index (χ0n) is 68.1. The lowest BCUT2D eigenvalue weighted by molar-refractivity contribution is -0.147. The van der Waals surface area contributed by atoms with Crippen molar-refractivity contribution in [1.29, 1.82) is 0 Å². The molecule has 29 N–H and O–H groups in total. The number of rotatable bonds is 30. The molecule has 5 aromatic carbocycles. The van der Waals surface area contributed by atoms with E-state index in [2.05, 4.69) is 30.4 Å². The number of aliphatic imine (C=N–C) groups is 1. The van der Waals surface area contributed by atoms with Crippen LogP contribution in [0.4, 0.5) is 0 Å². The monoisotopic (exact) mass is 1650 g/mol. The van der Waals surface area contributed by atoms with Crippen molar-refractivity contribution in [2.45, 2.75) is 196 Å². The van der Waals surface area contributed by atoms with Crippen LogP contribution in [0.15, 0.2) is 173 Å². The number of pyridine rings is 1. The van der Waals surface area contributed by atoms with E-state index in [4.69, 9.17) is 103 Å². The van der Waals surface area contributed by atoms with Gasteiger partial charge in [0.15, 0.2) is 6.67 Å². The number of hydrogen-bond donors (Lipinski definition) is 20. The number of nitrogens with zero attached hydrogens (tertiary/aromatic N) is 5. The number of azo groups is 1. The molecule has 118 heavy (non-hydrogen) atoms. The minimum Gasteiger partial charge on any atom is -0.481 e. The summed E-state index contributed by atoms with van der Waals surface area (Å²) in [5.74, 6) is -8.60. The SMILES string of the molecule is CN(C)CCCC[C@H](N)C(=O)O.CN[C@@H](C(=O)O)C(C)C.Cc1ccc(C[C@H](N)C(=O)O)cc1.Cc1ccc(C[C@H](N)C(=O)O)cc1.NC1(C(=O)O)CCC1.NC1(C(=O)O)CCCCC1.N[C@@H](CC1=NCN=N1)C(=O)O.N[C@@H](Cc1ccc(-c2ccccc2)cc1)C(=O)O.N[C@@H](Cc1ccncc1)C(=O)O.N[C@H](CC(=O)O)c1ccccc1. The first-order valence-electron chi connectivity index (χ1n) is 38.0. The lowest BCUT2D eigenvalue weighted by Gasteiger charge is -2.32. The summed E-state index contributed by atoms with van der Waals surface area (Å²) in [6, 6.07) is 40.3. The number of nitrogens with two attached hydrogens (primary N) is 9. The van der Waals surface area contributed by atoms with Gasteiger partial charge in [-0.3, -0.25) is 52.9 Å². The molecule has 2 saturated carbocycles. The largest absolute Gasteiger partial charge is 0.481 e. The highest BCUT2D eigenvalue weighted by Crippen LogP contribution is 2.29. The Morgan fingerprint density at radius 1 is 0.441 bits per heavy atom. The first-order chi connectivity index (χ1) is 55.4. The third-order valence-electron chi connectivity index (χ3n) is 17.8. The average molecular weight is 1650 g/mol. The number of carboxylic acid groups (broad SMARTS) is 10. The van der Waals surface area contributed by atoms with Gasteiger partial charge in [-0.05, 0) is 169 Å². The number of nitrogens with one attached hydrogen (secondary N) is 1. The van der Waals surface area contributed by atoms with Crippen molar-refractivity contribution in [3.05, 3.63) is 197 Å². The third kappa shape index (κ3) is 48.3. The van der Waals surface area contributed by atoms with Crippen LogP contribution in [0.1, 0.15) is 142 Å². The predicted octanol–water partition coefficient (Wildman–Crippen LogP) is 6.14. The smallest absolute Gasteiger partial charge is 0.323 e. The van der Waals surface area contributed by atoms with Crippen LogP contribution >= 0.6 is 0 Å². The van der Waals surface area contributed by atoms with Crippen LogP contribution in [0.2, 0.25) is 0 Å². The second-order valence-electron chi connectivity index (χ2n) is 28.6. The fourth-order valence-corrected chi connectivity index (χ4v) is 10.3. The molecule has 1 aliphatic heterocycles. The van der Waals surface area contributed by atoms with Gasteiger partial charge >= 0.3 is 59.7 Å². The number of aliphatic carboxylic acids is 10. The molecule has 0 spiro atoms. The minimum atomic E-state index is -1.05. The summed E-state index contributed by atoms with van der Waals surface area (Å²) in [6.45, 7) is 9.00. The quantitative estimate of drug-likeness (QED) is 0.0225. The Morgan fingerprint density at radius 2 is 0.797 bits per heavy atom. The van der Waals surface area contributed by atoms with Gasteiger partial charge in [0.1, 0.15) is 59.2 Å². The van der Waals surface area contributed by atoms with Crippen molar-refractivity contribution in [3.63, 3.8) is 0 Å². The zero-order chi connectivity index (χ0) is 89.7. The number of amidine groups is 1. The predicted molar refractivity (Wildman–Crippen MR) is 448 cm³/mol. The summed E-state index contributed by atoms with van der Waals surface area (Å²) in [6.07, 6.45) is 13.9. The number of likely N-dealkylation sites (N-methyl/N-ethyl adjacent to an activating group) is 1. The fourth-order valence-electron chi connectivity index (χ4n) is 10.3. The van der Waals surface area contributed by atoms with E-state index in [0.29, 0.717) is 70.3 Å². The third-order valence-corrected chi connectivity index (χ3v) is 17.8. The summed E-state index contributed by atoms with van der Waals surface area (Å²) in [7, 11) is 5.65. The highest BCUT2D eigenvalue weighted by Gasteiger charge is 2.40. The summed E-state index contributed by atoms with van der Waals surface area (Å²) >= 11 is 0. The Bertz CT molecular complexity index is 3930. The van der Waals surface area contributed by atoms with E-state index in [9.17, 15) is 47.9 Å². The van der Waals surface area contributed by atoms with Gasteiger partial charge in [-0.2, -0.15) is 5.11 Å². The van der Waals surface area contributed by atoms with Crippen LogP contribution in [-0.2, 0) is 73.6 Å². The van der Waals surface area contributed by atoms with Crippen LogP contribution in [0, 0.1) is 19.8 Å². The highest BCUT2D eigenvalue weighted by atomic mass is 16.4. The van der Waals surface area contributed by atoms with Crippen molar-refractivity contribution in [1.82, 2.24) is 15.2 Å². The molecular weight excluding hydrogens is 1530 g/mol. The van der Waals surface area contributed by atoms with Gasteiger partial charge in [-0.1, -0.05) is 184 Å². The van der Waals surface area contributed by atoms with Crippen LogP contribution < -0.4 is 56.9 Å². The average Bonchev–Trinajstić information content (AvgIpc) is 0.948. The van der Waals surface area contributed by atoms with Gasteiger partial charge in [-0.15, -0.1) is 5.11 Å². The number of hydrogen-bond acceptors (Lipinski definition) is 25. The molecule has 0 unspecified atom stereocenters. The molecule has 2 aliphatic carbocycles. The van der Waals surface area contributed by atoms with Crippen molar-refractivity contribution in [2.75, 3.05) is 34.4 Å². The van der Waals surface area contributed by atoms with Gasteiger partial charge in [0.2, 0.25) is 0 Å². The second-order valence-corrected chi connectivity index (χ2v) is 28.6. The van der Waals surface area contributed by atoms with Gasteiger partial charge < -0.3 is 113 Å². The molecule has 2 heterocycles. The van der Waals surface area contributed by atoms with Crippen molar-refractivity contribution >= 4 is 65.5 Å².